The van der Waals surface area contributed by atoms with Gasteiger partial charge < -0.3 is 10.1 Å². The molecule has 0 atom stereocenters. The summed E-state index contributed by atoms with van der Waals surface area (Å²) < 4.78 is 33.1. The lowest BCUT2D eigenvalue weighted by Gasteiger charge is -2.33. The molecule has 0 aromatic heterocycles. The van der Waals surface area contributed by atoms with E-state index in [0.29, 0.717) is 16.5 Å². The number of ether oxygens (including phenoxy) is 1. The molecule has 2 aromatic carbocycles. The molecule has 1 N–H and O–H groups in total. The van der Waals surface area contributed by atoms with Crippen LogP contribution in [0.4, 0.5) is 5.69 Å². The van der Waals surface area contributed by atoms with E-state index in [4.69, 9.17) is 16.3 Å². The quantitative estimate of drug-likeness (QED) is 0.701. The monoisotopic (exact) mass is 436 g/mol. The highest BCUT2D eigenvalue weighted by Gasteiger charge is 2.34. The van der Waals surface area contributed by atoms with Gasteiger partial charge in [-0.1, -0.05) is 36.9 Å². The Hall–Kier alpha value is -2.09. The van der Waals surface area contributed by atoms with E-state index in [1.807, 2.05) is 0 Å². The maximum atomic E-state index is 13.3. The highest BCUT2D eigenvalue weighted by molar-refractivity contribution is 7.89. The second-order valence-corrected chi connectivity index (χ2v) is 9.40. The first kappa shape index (κ1) is 21.6. The predicted octanol–water partition coefficient (Wildman–Crippen LogP) is 4.31. The number of rotatable bonds is 7. The number of sulfonamides is 1. The molecule has 1 aliphatic rings. The van der Waals surface area contributed by atoms with Crippen molar-refractivity contribution >= 4 is 33.2 Å². The molecule has 1 saturated carbocycles. The van der Waals surface area contributed by atoms with Gasteiger partial charge in [-0.2, -0.15) is 4.31 Å². The number of nitrogens with zero attached hydrogens (tertiary/aromatic N) is 1. The number of halogens is 1. The van der Waals surface area contributed by atoms with Gasteiger partial charge >= 0.3 is 0 Å². The summed E-state index contributed by atoms with van der Waals surface area (Å²) in [7, 11) is -2.28. The maximum absolute atomic E-state index is 13.3. The Morgan fingerprint density at radius 2 is 1.83 bits per heavy atom. The average Bonchev–Trinajstić information content (AvgIpc) is 2.73. The summed E-state index contributed by atoms with van der Waals surface area (Å²) in [5, 5.41) is 3.23. The zero-order valence-electron chi connectivity index (χ0n) is 16.3. The van der Waals surface area contributed by atoms with Gasteiger partial charge in [-0.3, -0.25) is 4.79 Å². The Morgan fingerprint density at radius 3 is 2.48 bits per heavy atom. The number of methoxy groups -OCH3 is 1. The molecule has 1 amide bonds. The molecule has 0 bridgehead atoms. The van der Waals surface area contributed by atoms with Gasteiger partial charge in [0.2, 0.25) is 15.9 Å². The number of hydrogen-bond acceptors (Lipinski definition) is 4. The topological polar surface area (TPSA) is 75.7 Å². The van der Waals surface area contributed by atoms with Crippen molar-refractivity contribution in [2.75, 3.05) is 19.0 Å². The SMILES string of the molecule is COc1cccc(NC(=O)CN(C2CCCCC2)S(=O)(=O)c2ccc(Cl)cc2)c1. The van der Waals surface area contributed by atoms with Crippen molar-refractivity contribution in [2.45, 2.75) is 43.0 Å². The van der Waals surface area contributed by atoms with Crippen LogP contribution in [0.5, 0.6) is 5.75 Å². The lowest BCUT2D eigenvalue weighted by Crippen LogP contribution is -2.45. The van der Waals surface area contributed by atoms with E-state index < -0.39 is 10.0 Å². The predicted molar refractivity (Wildman–Crippen MR) is 114 cm³/mol. The number of hydrogen-bond donors (Lipinski definition) is 1. The molecule has 1 aliphatic carbocycles. The minimum atomic E-state index is -3.83. The van der Waals surface area contributed by atoms with Crippen LogP contribution in [0.25, 0.3) is 0 Å². The van der Waals surface area contributed by atoms with Crippen molar-refractivity contribution in [3.8, 4) is 5.75 Å². The second-order valence-electron chi connectivity index (χ2n) is 7.08. The van der Waals surface area contributed by atoms with Crippen LogP contribution < -0.4 is 10.1 Å². The van der Waals surface area contributed by atoms with Gasteiger partial charge in [0.25, 0.3) is 0 Å². The minimum Gasteiger partial charge on any atom is -0.497 e. The summed E-state index contributed by atoms with van der Waals surface area (Å²) in [4.78, 5) is 12.9. The van der Waals surface area contributed by atoms with E-state index in [1.54, 1.807) is 43.5 Å². The molecule has 8 heteroatoms. The molecule has 6 nitrogen and oxygen atoms in total. The average molecular weight is 437 g/mol. The zero-order valence-corrected chi connectivity index (χ0v) is 17.9. The largest absolute Gasteiger partial charge is 0.497 e. The van der Waals surface area contributed by atoms with Crippen LogP contribution in [0.15, 0.2) is 53.4 Å². The number of benzene rings is 2. The van der Waals surface area contributed by atoms with Gasteiger partial charge in [-0.15, -0.1) is 0 Å². The van der Waals surface area contributed by atoms with Gasteiger partial charge in [0.05, 0.1) is 18.6 Å². The van der Waals surface area contributed by atoms with Crippen LogP contribution >= 0.6 is 11.6 Å². The molecule has 1 fully saturated rings. The minimum absolute atomic E-state index is 0.140. The Morgan fingerprint density at radius 1 is 1.14 bits per heavy atom. The molecular formula is C21H25ClN2O4S. The first-order valence-electron chi connectivity index (χ1n) is 9.61. The van der Waals surface area contributed by atoms with Crippen LogP contribution in [-0.4, -0.2) is 38.3 Å². The van der Waals surface area contributed by atoms with Crippen molar-refractivity contribution in [1.82, 2.24) is 4.31 Å². The van der Waals surface area contributed by atoms with E-state index in [2.05, 4.69) is 5.32 Å². The first-order chi connectivity index (χ1) is 13.9. The van der Waals surface area contributed by atoms with E-state index in [9.17, 15) is 13.2 Å². The Bertz CT molecular complexity index is 941. The van der Waals surface area contributed by atoms with Crippen molar-refractivity contribution in [3.63, 3.8) is 0 Å². The van der Waals surface area contributed by atoms with Gasteiger partial charge in [0, 0.05) is 22.8 Å². The fourth-order valence-corrected chi connectivity index (χ4v) is 5.33. The van der Waals surface area contributed by atoms with Crippen LogP contribution in [0, 0.1) is 0 Å². The Labute approximate surface area is 176 Å². The van der Waals surface area contributed by atoms with Gasteiger partial charge in [0.15, 0.2) is 0 Å². The lowest BCUT2D eigenvalue weighted by molar-refractivity contribution is -0.116. The molecule has 2 aromatic rings. The maximum Gasteiger partial charge on any atom is 0.243 e. The van der Waals surface area contributed by atoms with E-state index >= 15 is 0 Å². The molecule has 156 valence electrons. The van der Waals surface area contributed by atoms with Crippen LogP contribution in [0.1, 0.15) is 32.1 Å². The molecular weight excluding hydrogens is 412 g/mol. The third-order valence-electron chi connectivity index (χ3n) is 5.06. The smallest absolute Gasteiger partial charge is 0.243 e. The standard InChI is InChI=1S/C21H25ClN2O4S/c1-28-19-9-5-6-17(14-19)23-21(25)15-24(18-7-3-2-4-8-18)29(26,27)20-12-10-16(22)11-13-20/h5-6,9-14,18H,2-4,7-8,15H2,1H3,(H,23,25). The number of carbonyl (C=O) groups excluding carboxylic acids is 1. The molecule has 0 spiro atoms. The van der Waals surface area contributed by atoms with Crippen molar-refractivity contribution in [1.29, 1.82) is 0 Å². The first-order valence-corrected chi connectivity index (χ1v) is 11.4. The summed E-state index contributed by atoms with van der Waals surface area (Å²) in [5.41, 5.74) is 0.557. The van der Waals surface area contributed by atoms with Gasteiger partial charge in [-0.25, -0.2) is 8.42 Å². The highest BCUT2D eigenvalue weighted by atomic mass is 35.5. The number of carbonyl (C=O) groups is 1. The highest BCUT2D eigenvalue weighted by Crippen LogP contribution is 2.28. The summed E-state index contributed by atoms with van der Waals surface area (Å²) in [6, 6.07) is 12.8. The molecule has 0 radical (unpaired) electrons. The third-order valence-corrected chi connectivity index (χ3v) is 7.22. The van der Waals surface area contributed by atoms with E-state index in [1.165, 1.54) is 16.4 Å². The van der Waals surface area contributed by atoms with Crippen molar-refractivity contribution < 1.29 is 17.9 Å². The normalized spacial score (nSPS) is 15.3. The van der Waals surface area contributed by atoms with E-state index in [0.717, 1.165) is 32.1 Å². The molecule has 29 heavy (non-hydrogen) atoms. The molecule has 0 unspecified atom stereocenters. The Balaban J connectivity index is 1.83. The van der Waals surface area contributed by atoms with Crippen LogP contribution in [0.3, 0.4) is 0 Å². The molecule has 0 saturated heterocycles. The summed E-state index contributed by atoms with van der Waals surface area (Å²) in [6.45, 7) is -0.243. The Kier molecular flexibility index (Phi) is 7.16. The second kappa shape index (κ2) is 9.61. The van der Waals surface area contributed by atoms with Crippen molar-refractivity contribution in [2.24, 2.45) is 0 Å². The van der Waals surface area contributed by atoms with Crippen LogP contribution in [0.2, 0.25) is 5.02 Å². The molecule has 0 aliphatic heterocycles. The fraction of sp³-hybridized carbons (Fsp3) is 0.381. The number of nitrogens with one attached hydrogen (secondary N) is 1. The van der Waals surface area contributed by atoms with Crippen LogP contribution in [-0.2, 0) is 14.8 Å². The summed E-state index contributed by atoms with van der Waals surface area (Å²) in [5.74, 6) is 0.224. The third kappa shape index (κ3) is 5.50. The fourth-order valence-electron chi connectivity index (χ4n) is 3.56. The summed E-state index contributed by atoms with van der Waals surface area (Å²) >= 11 is 5.91. The summed E-state index contributed by atoms with van der Waals surface area (Å²) in [6.07, 6.45) is 4.49. The van der Waals surface area contributed by atoms with Gasteiger partial charge in [0.1, 0.15) is 5.75 Å². The molecule has 3 rings (SSSR count). The van der Waals surface area contributed by atoms with Gasteiger partial charge in [-0.05, 0) is 49.2 Å². The van der Waals surface area contributed by atoms with Crippen molar-refractivity contribution in [3.05, 3.63) is 53.6 Å². The lowest BCUT2D eigenvalue weighted by atomic mass is 9.95. The van der Waals surface area contributed by atoms with E-state index in [-0.39, 0.29) is 23.4 Å². The zero-order chi connectivity index (χ0) is 20.9. The molecule has 0 heterocycles. The number of amides is 1. The number of anilines is 1.